The normalized spacial score (nSPS) is 24.1. The Morgan fingerprint density at radius 3 is 2.82 bits per heavy atom. The van der Waals surface area contributed by atoms with Gasteiger partial charge >= 0.3 is 0 Å². The number of carbonyl (C=O) groups is 1. The number of rotatable bonds is 2. The fourth-order valence-electron chi connectivity index (χ4n) is 1.16. The van der Waals surface area contributed by atoms with E-state index in [1.165, 1.54) is 0 Å². The van der Waals surface area contributed by atoms with Crippen molar-refractivity contribution in [3.05, 3.63) is 0 Å². The molecule has 1 fully saturated rings. The molecule has 3 heteroatoms. The van der Waals surface area contributed by atoms with Gasteiger partial charge in [0, 0.05) is 12.6 Å². The first kappa shape index (κ1) is 8.53. The van der Waals surface area contributed by atoms with Crippen LogP contribution in [0, 0.1) is 0 Å². The highest BCUT2D eigenvalue weighted by atomic mass is 16.5. The van der Waals surface area contributed by atoms with Crippen LogP contribution in [-0.2, 0) is 9.53 Å². The molecule has 1 unspecified atom stereocenters. The van der Waals surface area contributed by atoms with Gasteiger partial charge in [-0.05, 0) is 26.7 Å². The molecule has 1 aliphatic heterocycles. The van der Waals surface area contributed by atoms with Crippen LogP contribution in [0.15, 0.2) is 0 Å². The first-order valence-electron chi connectivity index (χ1n) is 4.12. The summed E-state index contributed by atoms with van der Waals surface area (Å²) in [5.74, 6) is 0.0394. The third-order valence-corrected chi connectivity index (χ3v) is 1.65. The first-order valence-corrected chi connectivity index (χ1v) is 4.12. The lowest BCUT2D eigenvalue weighted by molar-refractivity contribution is -0.130. The highest BCUT2D eigenvalue weighted by Crippen LogP contribution is 2.11. The van der Waals surface area contributed by atoms with E-state index in [0.717, 1.165) is 19.4 Å². The van der Waals surface area contributed by atoms with Gasteiger partial charge in [0.25, 0.3) is 0 Å². The monoisotopic (exact) mass is 157 g/mol. The van der Waals surface area contributed by atoms with Crippen LogP contribution in [0.25, 0.3) is 0 Å². The molecule has 1 aliphatic rings. The summed E-state index contributed by atoms with van der Waals surface area (Å²) < 4.78 is 5.20. The van der Waals surface area contributed by atoms with E-state index in [1.807, 2.05) is 13.8 Å². The minimum absolute atomic E-state index is 0.0394. The predicted octanol–water partition coefficient (Wildman–Crippen LogP) is 0.690. The van der Waals surface area contributed by atoms with E-state index < -0.39 is 0 Å². The second-order valence-electron chi connectivity index (χ2n) is 3.16. The van der Waals surface area contributed by atoms with Crippen molar-refractivity contribution in [3.63, 3.8) is 0 Å². The van der Waals surface area contributed by atoms with E-state index in [1.54, 1.807) is 0 Å². The van der Waals surface area contributed by atoms with Crippen LogP contribution >= 0.6 is 0 Å². The van der Waals surface area contributed by atoms with Crippen LogP contribution in [0.2, 0.25) is 0 Å². The highest BCUT2D eigenvalue weighted by molar-refractivity contribution is 5.81. The van der Waals surface area contributed by atoms with E-state index in [9.17, 15) is 4.79 Å². The smallest absolute Gasteiger partial charge is 0.249 e. The molecular weight excluding hydrogens is 142 g/mol. The topological polar surface area (TPSA) is 38.3 Å². The molecule has 0 aromatic carbocycles. The molecular formula is C8H15NO2. The zero-order valence-corrected chi connectivity index (χ0v) is 7.09. The number of amides is 1. The zero-order chi connectivity index (χ0) is 8.27. The van der Waals surface area contributed by atoms with E-state index in [-0.39, 0.29) is 18.1 Å². The summed E-state index contributed by atoms with van der Waals surface area (Å²) in [6.45, 7) is 4.63. The Labute approximate surface area is 67.1 Å². The van der Waals surface area contributed by atoms with Gasteiger partial charge in [0.15, 0.2) is 0 Å². The van der Waals surface area contributed by atoms with Crippen LogP contribution in [0.3, 0.4) is 0 Å². The third-order valence-electron chi connectivity index (χ3n) is 1.65. The van der Waals surface area contributed by atoms with Crippen molar-refractivity contribution in [2.45, 2.75) is 38.8 Å². The predicted molar refractivity (Wildman–Crippen MR) is 42.3 cm³/mol. The molecule has 0 spiro atoms. The maximum Gasteiger partial charge on any atom is 0.249 e. The average Bonchev–Trinajstić information content (AvgIpc) is 2.35. The average molecular weight is 157 g/mol. The van der Waals surface area contributed by atoms with Gasteiger partial charge in [-0.2, -0.15) is 0 Å². The summed E-state index contributed by atoms with van der Waals surface area (Å²) >= 11 is 0. The van der Waals surface area contributed by atoms with Crippen molar-refractivity contribution in [2.24, 2.45) is 0 Å². The third kappa shape index (κ3) is 2.50. The van der Waals surface area contributed by atoms with Gasteiger partial charge in [-0.1, -0.05) is 0 Å². The van der Waals surface area contributed by atoms with Gasteiger partial charge in [-0.15, -0.1) is 0 Å². The van der Waals surface area contributed by atoms with Crippen molar-refractivity contribution in [2.75, 3.05) is 6.61 Å². The molecule has 11 heavy (non-hydrogen) atoms. The van der Waals surface area contributed by atoms with E-state index in [0.29, 0.717) is 0 Å². The van der Waals surface area contributed by atoms with Crippen molar-refractivity contribution in [1.29, 1.82) is 0 Å². The van der Waals surface area contributed by atoms with E-state index >= 15 is 0 Å². The molecule has 1 saturated heterocycles. The fraction of sp³-hybridized carbons (Fsp3) is 0.875. The van der Waals surface area contributed by atoms with Crippen LogP contribution in [-0.4, -0.2) is 24.7 Å². The lowest BCUT2D eigenvalue weighted by Gasteiger charge is -2.12. The number of ether oxygens (including phenoxy) is 1. The maximum absolute atomic E-state index is 11.2. The summed E-state index contributed by atoms with van der Waals surface area (Å²) in [5, 5.41) is 2.82. The second kappa shape index (κ2) is 3.72. The molecule has 0 aromatic heterocycles. The van der Waals surface area contributed by atoms with Gasteiger partial charge in [0.2, 0.25) is 5.91 Å². The van der Waals surface area contributed by atoms with E-state index in [2.05, 4.69) is 5.32 Å². The Hall–Kier alpha value is -0.570. The molecule has 64 valence electrons. The van der Waals surface area contributed by atoms with Gasteiger partial charge in [-0.3, -0.25) is 4.79 Å². The Bertz CT molecular complexity index is 139. The van der Waals surface area contributed by atoms with E-state index in [4.69, 9.17) is 4.74 Å². The molecule has 1 N–H and O–H groups in total. The Kier molecular flexibility index (Phi) is 2.88. The zero-order valence-electron chi connectivity index (χ0n) is 7.09. The molecule has 1 rings (SSSR count). The van der Waals surface area contributed by atoms with Crippen molar-refractivity contribution in [1.82, 2.24) is 5.32 Å². The van der Waals surface area contributed by atoms with Crippen molar-refractivity contribution in [3.8, 4) is 0 Å². The van der Waals surface area contributed by atoms with Crippen LogP contribution < -0.4 is 5.32 Å². The first-order chi connectivity index (χ1) is 5.20. The molecule has 1 atom stereocenters. The largest absolute Gasteiger partial charge is 0.368 e. The minimum atomic E-state index is -0.183. The molecule has 0 aliphatic carbocycles. The second-order valence-corrected chi connectivity index (χ2v) is 3.16. The van der Waals surface area contributed by atoms with Gasteiger partial charge in [-0.25, -0.2) is 0 Å². The van der Waals surface area contributed by atoms with Crippen LogP contribution in [0.5, 0.6) is 0 Å². The molecule has 0 aromatic rings. The number of hydrogen-bond acceptors (Lipinski definition) is 2. The summed E-state index contributed by atoms with van der Waals surface area (Å²) in [4.78, 5) is 11.2. The number of hydrogen-bond donors (Lipinski definition) is 1. The minimum Gasteiger partial charge on any atom is -0.368 e. The Morgan fingerprint density at radius 2 is 2.36 bits per heavy atom. The molecule has 0 radical (unpaired) electrons. The number of nitrogens with one attached hydrogen (secondary N) is 1. The molecule has 1 heterocycles. The molecule has 1 amide bonds. The molecule has 3 nitrogen and oxygen atoms in total. The Morgan fingerprint density at radius 1 is 1.64 bits per heavy atom. The number of carbonyl (C=O) groups excluding carboxylic acids is 1. The Balaban J connectivity index is 2.28. The van der Waals surface area contributed by atoms with Crippen LogP contribution in [0.4, 0.5) is 0 Å². The summed E-state index contributed by atoms with van der Waals surface area (Å²) in [6.07, 6.45) is 1.70. The lowest BCUT2D eigenvalue weighted by atomic mass is 10.2. The summed E-state index contributed by atoms with van der Waals surface area (Å²) in [7, 11) is 0. The maximum atomic E-state index is 11.2. The summed E-state index contributed by atoms with van der Waals surface area (Å²) in [6, 6.07) is 0.215. The van der Waals surface area contributed by atoms with Crippen molar-refractivity contribution >= 4 is 5.91 Å². The fourth-order valence-corrected chi connectivity index (χ4v) is 1.16. The lowest BCUT2D eigenvalue weighted by Crippen LogP contribution is -2.38. The molecule has 0 saturated carbocycles. The standard InChI is InChI=1S/C8H15NO2/c1-6(2)9-8(10)7-4-3-5-11-7/h6-7H,3-5H2,1-2H3,(H,9,10). The van der Waals surface area contributed by atoms with Gasteiger partial charge in [0.1, 0.15) is 6.10 Å². The van der Waals surface area contributed by atoms with Crippen molar-refractivity contribution < 1.29 is 9.53 Å². The van der Waals surface area contributed by atoms with Gasteiger partial charge < -0.3 is 10.1 Å². The van der Waals surface area contributed by atoms with Crippen LogP contribution in [0.1, 0.15) is 26.7 Å². The SMILES string of the molecule is CC(C)NC(=O)C1CCCO1. The summed E-state index contributed by atoms with van der Waals surface area (Å²) in [5.41, 5.74) is 0. The van der Waals surface area contributed by atoms with Gasteiger partial charge in [0.05, 0.1) is 0 Å². The highest BCUT2D eigenvalue weighted by Gasteiger charge is 2.23. The molecule has 0 bridgehead atoms. The quantitative estimate of drug-likeness (QED) is 0.640.